The number of carbonyl (C=O) groups is 3. The van der Waals surface area contributed by atoms with Crippen molar-refractivity contribution in [1.29, 1.82) is 0 Å². The number of carbonyl (C=O) groups excluding carboxylic acids is 3. The molecule has 168 valence electrons. The highest BCUT2D eigenvalue weighted by molar-refractivity contribution is 7.92. The number of likely N-dealkylation sites (N-methyl/N-ethyl adjacent to an activating group) is 1. The molecule has 31 heavy (non-hydrogen) atoms. The highest BCUT2D eigenvalue weighted by Crippen LogP contribution is 2.47. The van der Waals surface area contributed by atoms with Gasteiger partial charge >= 0.3 is 0 Å². The molecule has 2 unspecified atom stereocenters. The lowest BCUT2D eigenvalue weighted by Gasteiger charge is -2.28. The van der Waals surface area contributed by atoms with Crippen molar-refractivity contribution in [3.8, 4) is 0 Å². The van der Waals surface area contributed by atoms with Crippen LogP contribution in [0.5, 0.6) is 0 Å². The van der Waals surface area contributed by atoms with E-state index in [2.05, 4.69) is 15.4 Å². The Kier molecular flexibility index (Phi) is 4.34. The van der Waals surface area contributed by atoms with Crippen LogP contribution in [0.2, 0.25) is 0 Å². The number of nitrogens with zero attached hydrogens (tertiary/aromatic N) is 1. The van der Waals surface area contributed by atoms with E-state index < -0.39 is 52.2 Å². The number of amides is 3. The predicted molar refractivity (Wildman–Crippen MR) is 115 cm³/mol. The van der Waals surface area contributed by atoms with Crippen LogP contribution in [0.4, 0.5) is 11.4 Å². The minimum atomic E-state index is -3.58. The minimum Gasteiger partial charge on any atom is -0.368 e. The van der Waals surface area contributed by atoms with Gasteiger partial charge in [-0.05, 0) is 49.5 Å². The summed E-state index contributed by atoms with van der Waals surface area (Å²) in [5.74, 6) is -1.64. The lowest BCUT2D eigenvalue weighted by molar-refractivity contribution is -0.139. The third-order valence-corrected chi connectivity index (χ3v) is 6.84. The highest BCUT2D eigenvalue weighted by atomic mass is 32.2. The molecule has 0 aromatic heterocycles. The molecule has 3 amide bonds. The number of nitrogens with one attached hydrogen (secondary N) is 3. The van der Waals surface area contributed by atoms with Crippen LogP contribution in [0.3, 0.4) is 0 Å². The molecule has 3 aliphatic rings. The van der Waals surface area contributed by atoms with Gasteiger partial charge in [0.25, 0.3) is 0 Å². The van der Waals surface area contributed by atoms with Gasteiger partial charge in [-0.2, -0.15) is 0 Å². The fourth-order valence-electron chi connectivity index (χ4n) is 4.55. The molecule has 1 saturated heterocycles. The largest absolute Gasteiger partial charge is 0.368 e. The van der Waals surface area contributed by atoms with Crippen LogP contribution in [0.25, 0.3) is 0 Å². The fraction of sp³-hybridized carbons (Fsp3) is 0.550. The summed E-state index contributed by atoms with van der Waals surface area (Å²) in [6, 6.07) is 2.36. The second-order valence-corrected chi connectivity index (χ2v) is 10.4. The number of likely N-dealkylation sites (tertiary alicyclic amines) is 1. The average Bonchev–Trinajstić information content (AvgIpc) is 3.34. The van der Waals surface area contributed by atoms with Crippen molar-refractivity contribution in [3.05, 3.63) is 23.8 Å². The Morgan fingerprint density at radius 1 is 1.42 bits per heavy atom. The molecule has 0 bridgehead atoms. The van der Waals surface area contributed by atoms with Gasteiger partial charge in [0.1, 0.15) is 6.04 Å². The number of sulfonamides is 1. The molecule has 1 aromatic rings. The summed E-state index contributed by atoms with van der Waals surface area (Å²) >= 11 is 0. The summed E-state index contributed by atoms with van der Waals surface area (Å²) in [4.78, 5) is 40.2. The van der Waals surface area contributed by atoms with Crippen LogP contribution >= 0.6 is 0 Å². The van der Waals surface area contributed by atoms with Crippen LogP contribution in [-0.4, -0.2) is 62.9 Å². The Labute approximate surface area is 185 Å². The predicted octanol–water partition coefficient (Wildman–Crippen LogP) is -0.278. The second-order valence-electron chi connectivity index (χ2n) is 8.64. The monoisotopic (exact) mass is 452 g/mol. The van der Waals surface area contributed by atoms with Crippen LogP contribution < -0.4 is 21.1 Å². The van der Waals surface area contributed by atoms with Crippen molar-refractivity contribution in [3.63, 3.8) is 0 Å². The Morgan fingerprint density at radius 2 is 2.16 bits per heavy atom. The molecule has 1 saturated carbocycles. The van der Waals surface area contributed by atoms with Gasteiger partial charge in [-0.25, -0.2) is 8.42 Å². The molecule has 1 aromatic carbocycles. The zero-order valence-electron chi connectivity index (χ0n) is 20.0. The number of rotatable bonds is 7. The van der Waals surface area contributed by atoms with E-state index in [0.717, 1.165) is 19.1 Å². The first-order valence-corrected chi connectivity index (χ1v) is 11.9. The van der Waals surface area contributed by atoms with E-state index in [9.17, 15) is 22.8 Å². The lowest BCUT2D eigenvalue weighted by Crippen LogP contribution is -2.51. The Bertz CT molecular complexity index is 1150. The molecule has 3 atom stereocenters. The van der Waals surface area contributed by atoms with Crippen LogP contribution in [-0.2, 0) is 29.8 Å². The van der Waals surface area contributed by atoms with Crippen LogP contribution in [0.15, 0.2) is 18.2 Å². The SMILES string of the molecule is [2H]C([2H])([2H])N[C@@H](CC1CC1)C(=O)N1CC2(CC1C(N)=O)C(=O)Nc1ccc(NS(C)(=O)=O)cc12. The number of primary amides is 1. The van der Waals surface area contributed by atoms with E-state index in [-0.39, 0.29) is 24.6 Å². The number of hydrogen-bond donors (Lipinski definition) is 4. The highest BCUT2D eigenvalue weighted by Gasteiger charge is 2.57. The number of hydrogen-bond acceptors (Lipinski definition) is 6. The molecule has 1 aliphatic carbocycles. The molecule has 10 nitrogen and oxygen atoms in total. The maximum absolute atomic E-state index is 13.5. The minimum absolute atomic E-state index is 0.0981. The van der Waals surface area contributed by atoms with Crippen molar-refractivity contribution < 1.29 is 26.9 Å². The van der Waals surface area contributed by atoms with E-state index in [1.165, 1.54) is 17.0 Å². The third kappa shape index (κ3) is 3.99. The standard InChI is InChI=1S/C20H27N5O5S/c1-22-15(7-11-3-4-11)18(27)25-10-20(9-16(25)17(21)26)13-8-12(24-31(2,29)30)5-6-14(13)23-19(20)28/h5-6,8,11,15-16,22,24H,3-4,7,9-10H2,1-2H3,(H2,21,26)(H,23,28)/t15-,16?,20?/m0/s1/i1D3. The third-order valence-electron chi connectivity index (χ3n) is 6.23. The smallest absolute Gasteiger partial charge is 0.240 e. The molecule has 11 heteroatoms. The summed E-state index contributed by atoms with van der Waals surface area (Å²) < 4.78 is 48.4. The summed E-state index contributed by atoms with van der Waals surface area (Å²) in [6.07, 6.45) is 2.98. The molecular weight excluding hydrogens is 422 g/mol. The number of anilines is 2. The lowest BCUT2D eigenvalue weighted by atomic mass is 9.79. The van der Waals surface area contributed by atoms with Gasteiger partial charge in [0, 0.05) is 22.0 Å². The van der Waals surface area contributed by atoms with E-state index in [1.807, 2.05) is 0 Å². The van der Waals surface area contributed by atoms with E-state index in [1.54, 1.807) is 6.07 Å². The maximum atomic E-state index is 13.5. The van der Waals surface area contributed by atoms with Crippen molar-refractivity contribution in [2.45, 2.75) is 43.2 Å². The van der Waals surface area contributed by atoms with Crippen molar-refractivity contribution in [2.75, 3.05) is 29.8 Å². The van der Waals surface area contributed by atoms with Crippen molar-refractivity contribution in [2.24, 2.45) is 11.7 Å². The van der Waals surface area contributed by atoms with Crippen molar-refractivity contribution in [1.82, 2.24) is 10.2 Å². The maximum Gasteiger partial charge on any atom is 0.240 e. The van der Waals surface area contributed by atoms with Gasteiger partial charge in [-0.3, -0.25) is 19.1 Å². The average molecular weight is 453 g/mol. The molecule has 5 N–H and O–H groups in total. The number of fused-ring (bicyclic) bond motifs is 2. The summed E-state index contributed by atoms with van der Waals surface area (Å²) in [5, 5.41) is 5.12. The summed E-state index contributed by atoms with van der Waals surface area (Å²) in [5.41, 5.74) is 5.39. The molecule has 0 radical (unpaired) electrons. The van der Waals surface area contributed by atoms with Crippen LogP contribution in [0, 0.1) is 5.92 Å². The second kappa shape index (κ2) is 7.49. The fourth-order valence-corrected chi connectivity index (χ4v) is 5.11. The van der Waals surface area contributed by atoms with Crippen molar-refractivity contribution >= 4 is 39.1 Å². The number of benzene rings is 1. The summed E-state index contributed by atoms with van der Waals surface area (Å²) in [7, 11) is -3.58. The molecule has 1 spiro atoms. The first kappa shape index (κ1) is 18.0. The number of nitrogens with two attached hydrogens (primary N) is 1. The normalized spacial score (nSPS) is 27.8. The van der Waals surface area contributed by atoms with E-state index >= 15 is 0 Å². The van der Waals surface area contributed by atoms with Gasteiger partial charge in [-0.1, -0.05) is 12.8 Å². The first-order chi connectivity index (χ1) is 15.7. The van der Waals surface area contributed by atoms with Gasteiger partial charge in [0.05, 0.1) is 17.7 Å². The molecule has 4 rings (SSSR count). The Hall–Kier alpha value is -2.66. The van der Waals surface area contributed by atoms with Gasteiger partial charge in [-0.15, -0.1) is 0 Å². The van der Waals surface area contributed by atoms with E-state index in [4.69, 9.17) is 9.85 Å². The quantitative estimate of drug-likeness (QED) is 0.447. The van der Waals surface area contributed by atoms with Gasteiger partial charge in [0.2, 0.25) is 27.7 Å². The molecule has 2 aliphatic heterocycles. The Balaban J connectivity index is 1.69. The first-order valence-electron chi connectivity index (χ1n) is 11.5. The van der Waals surface area contributed by atoms with E-state index in [0.29, 0.717) is 17.7 Å². The summed E-state index contributed by atoms with van der Waals surface area (Å²) in [6.45, 7) is -2.76. The van der Waals surface area contributed by atoms with Crippen LogP contribution in [0.1, 0.15) is 35.4 Å². The van der Waals surface area contributed by atoms with Gasteiger partial charge < -0.3 is 21.3 Å². The molecule has 2 fully saturated rings. The zero-order chi connectivity index (χ0) is 25.1. The Morgan fingerprint density at radius 3 is 2.77 bits per heavy atom. The van der Waals surface area contributed by atoms with Gasteiger partial charge in [0.15, 0.2) is 0 Å². The zero-order valence-corrected chi connectivity index (χ0v) is 17.8. The topological polar surface area (TPSA) is 151 Å². The molecule has 2 heterocycles. The molecular formula is C20H27N5O5S.